The molecule has 1 unspecified atom stereocenters. The van der Waals surface area contributed by atoms with Gasteiger partial charge in [-0.2, -0.15) is 5.10 Å². The molecular formula is C18H22N4O4. The van der Waals surface area contributed by atoms with E-state index in [2.05, 4.69) is 10.4 Å². The van der Waals surface area contributed by atoms with Crippen molar-refractivity contribution in [2.75, 3.05) is 18.1 Å². The van der Waals surface area contributed by atoms with Gasteiger partial charge in [-0.15, -0.1) is 0 Å². The summed E-state index contributed by atoms with van der Waals surface area (Å²) in [6.45, 7) is 3.06. The molecule has 2 heterocycles. The van der Waals surface area contributed by atoms with Gasteiger partial charge < -0.3 is 15.3 Å². The lowest BCUT2D eigenvalue weighted by molar-refractivity contribution is -0.138. The largest absolute Gasteiger partial charge is 0.480 e. The molecule has 2 N–H and O–H groups in total. The van der Waals surface area contributed by atoms with Crippen molar-refractivity contribution in [2.24, 2.45) is 5.10 Å². The molecule has 8 nitrogen and oxygen atoms in total. The predicted molar refractivity (Wildman–Crippen MR) is 95.8 cm³/mol. The number of rotatable bonds is 5. The number of carboxylic acids is 1. The normalized spacial score (nSPS) is 20.7. The number of hydrogen-bond acceptors (Lipinski definition) is 5. The number of nitrogens with zero attached hydrogens (tertiary/aromatic N) is 3. The van der Waals surface area contributed by atoms with Gasteiger partial charge in [0.25, 0.3) is 5.91 Å². The summed E-state index contributed by atoms with van der Waals surface area (Å²) in [5.74, 6) is -1.68. The van der Waals surface area contributed by atoms with Crippen LogP contribution >= 0.6 is 0 Å². The minimum Gasteiger partial charge on any atom is -0.480 e. The number of anilines is 1. The summed E-state index contributed by atoms with van der Waals surface area (Å²) in [4.78, 5) is 38.1. The molecule has 2 atom stereocenters. The lowest BCUT2D eigenvalue weighted by Gasteiger charge is -2.20. The molecule has 2 aliphatic rings. The Bertz CT molecular complexity index is 728. The molecule has 0 bridgehead atoms. The molecule has 2 amide bonds. The second kappa shape index (κ2) is 7.55. The third kappa shape index (κ3) is 3.68. The molecule has 138 valence electrons. The number of likely N-dealkylation sites (tertiary alicyclic amines) is 1. The molecule has 0 aromatic heterocycles. The van der Waals surface area contributed by atoms with E-state index < -0.39 is 24.0 Å². The Kier molecular flexibility index (Phi) is 5.20. The molecule has 3 rings (SSSR count). The van der Waals surface area contributed by atoms with E-state index in [1.165, 1.54) is 5.01 Å². The summed E-state index contributed by atoms with van der Waals surface area (Å²) in [7, 11) is 0. The van der Waals surface area contributed by atoms with E-state index >= 15 is 0 Å². The van der Waals surface area contributed by atoms with Crippen molar-refractivity contribution in [1.29, 1.82) is 0 Å². The highest BCUT2D eigenvalue weighted by Crippen LogP contribution is 2.24. The molecule has 1 aromatic rings. The maximum absolute atomic E-state index is 12.5. The van der Waals surface area contributed by atoms with Crippen molar-refractivity contribution in [1.82, 2.24) is 10.2 Å². The number of hydrogen-bond donors (Lipinski definition) is 2. The Morgan fingerprint density at radius 2 is 1.85 bits per heavy atom. The molecule has 0 spiro atoms. The third-order valence-electron chi connectivity index (χ3n) is 4.61. The monoisotopic (exact) mass is 358 g/mol. The number of nitrogens with one attached hydrogen (secondary N) is 1. The Morgan fingerprint density at radius 3 is 2.46 bits per heavy atom. The van der Waals surface area contributed by atoms with Gasteiger partial charge in [-0.05, 0) is 31.9 Å². The van der Waals surface area contributed by atoms with Crippen LogP contribution in [0.5, 0.6) is 0 Å². The highest BCUT2D eigenvalue weighted by molar-refractivity contribution is 6.40. The Labute approximate surface area is 151 Å². The van der Waals surface area contributed by atoms with Crippen LogP contribution in [0.15, 0.2) is 35.4 Å². The molecule has 1 saturated heterocycles. The van der Waals surface area contributed by atoms with Crippen LogP contribution in [0.2, 0.25) is 0 Å². The minimum absolute atomic E-state index is 0.0132. The number of carbonyl (C=O) groups is 3. The lowest BCUT2D eigenvalue weighted by atomic mass is 10.1. The zero-order valence-corrected chi connectivity index (χ0v) is 14.6. The van der Waals surface area contributed by atoms with E-state index in [-0.39, 0.29) is 18.0 Å². The second-order valence-electron chi connectivity index (χ2n) is 6.51. The van der Waals surface area contributed by atoms with Crippen LogP contribution in [0.4, 0.5) is 5.69 Å². The molecule has 0 aliphatic carbocycles. The van der Waals surface area contributed by atoms with Crippen molar-refractivity contribution in [2.45, 2.75) is 38.3 Å². The Balaban J connectivity index is 1.70. The lowest BCUT2D eigenvalue weighted by Crippen LogP contribution is -2.47. The van der Waals surface area contributed by atoms with Crippen LogP contribution in [0.3, 0.4) is 0 Å². The van der Waals surface area contributed by atoms with Gasteiger partial charge in [0.1, 0.15) is 11.8 Å². The summed E-state index contributed by atoms with van der Waals surface area (Å²) >= 11 is 0. The van der Waals surface area contributed by atoms with E-state index in [0.717, 1.165) is 12.8 Å². The van der Waals surface area contributed by atoms with E-state index in [4.69, 9.17) is 0 Å². The third-order valence-corrected chi connectivity index (χ3v) is 4.61. The van der Waals surface area contributed by atoms with Gasteiger partial charge in [0, 0.05) is 19.5 Å². The Hall–Kier alpha value is -2.90. The van der Waals surface area contributed by atoms with Gasteiger partial charge >= 0.3 is 5.97 Å². The first kappa shape index (κ1) is 17.9. The number of hydrazone groups is 1. The quantitative estimate of drug-likeness (QED) is 0.812. The maximum atomic E-state index is 12.5. The fourth-order valence-corrected chi connectivity index (χ4v) is 3.21. The zero-order chi connectivity index (χ0) is 18.7. The first-order chi connectivity index (χ1) is 12.5. The predicted octanol–water partition coefficient (Wildman–Crippen LogP) is 0.833. The summed E-state index contributed by atoms with van der Waals surface area (Å²) in [6.07, 6.45) is 1.94. The number of carbonyl (C=O) groups excluding carboxylic acids is 2. The molecule has 1 fully saturated rings. The van der Waals surface area contributed by atoms with Crippen LogP contribution in [0.1, 0.15) is 26.2 Å². The number of amides is 2. The average molecular weight is 358 g/mol. The summed E-state index contributed by atoms with van der Waals surface area (Å²) in [6, 6.07) is 7.23. The van der Waals surface area contributed by atoms with Crippen molar-refractivity contribution >= 4 is 29.2 Å². The number of carboxylic acid groups (broad SMARTS) is 1. The van der Waals surface area contributed by atoms with Crippen LogP contribution in [0, 0.1) is 0 Å². The van der Waals surface area contributed by atoms with Crippen molar-refractivity contribution < 1.29 is 19.5 Å². The van der Waals surface area contributed by atoms with Gasteiger partial charge in [0.2, 0.25) is 5.91 Å². The minimum atomic E-state index is -1.05. The molecule has 26 heavy (non-hydrogen) atoms. The highest BCUT2D eigenvalue weighted by atomic mass is 16.4. The van der Waals surface area contributed by atoms with Gasteiger partial charge in [0.15, 0.2) is 6.04 Å². The maximum Gasteiger partial charge on any atom is 0.328 e. The molecule has 8 heteroatoms. The van der Waals surface area contributed by atoms with Crippen LogP contribution in [-0.4, -0.2) is 58.7 Å². The highest BCUT2D eigenvalue weighted by Gasteiger charge is 2.37. The summed E-state index contributed by atoms with van der Waals surface area (Å²) in [5.41, 5.74) is 0.714. The first-order valence-corrected chi connectivity index (χ1v) is 8.71. The van der Waals surface area contributed by atoms with Gasteiger partial charge in [0.05, 0.1) is 5.69 Å². The molecule has 0 radical (unpaired) electrons. The van der Waals surface area contributed by atoms with Crippen molar-refractivity contribution in [3.8, 4) is 0 Å². The summed E-state index contributed by atoms with van der Waals surface area (Å²) < 4.78 is 0. The zero-order valence-electron chi connectivity index (χ0n) is 14.6. The van der Waals surface area contributed by atoms with E-state index in [1.807, 2.05) is 6.07 Å². The Morgan fingerprint density at radius 1 is 1.19 bits per heavy atom. The molecule has 0 saturated carbocycles. The SMILES string of the molecule is C[C@H](NC(=O)C1=NN(c2ccccc2)C(C(=O)O)C1)C(=O)N1CCCC1. The molecule has 2 aliphatic heterocycles. The van der Waals surface area contributed by atoms with E-state index in [0.29, 0.717) is 18.8 Å². The van der Waals surface area contributed by atoms with Crippen LogP contribution in [-0.2, 0) is 14.4 Å². The molecule has 1 aromatic carbocycles. The van der Waals surface area contributed by atoms with Crippen molar-refractivity contribution in [3.63, 3.8) is 0 Å². The first-order valence-electron chi connectivity index (χ1n) is 8.71. The second-order valence-corrected chi connectivity index (χ2v) is 6.51. The van der Waals surface area contributed by atoms with Gasteiger partial charge in [-0.25, -0.2) is 4.79 Å². The van der Waals surface area contributed by atoms with Crippen molar-refractivity contribution in [3.05, 3.63) is 30.3 Å². The van der Waals surface area contributed by atoms with Crippen LogP contribution < -0.4 is 10.3 Å². The standard InChI is InChI=1S/C18H22N4O4/c1-12(17(24)21-9-5-6-10-21)19-16(23)14-11-15(18(25)26)22(20-14)13-7-3-2-4-8-13/h2-4,7-8,12,15H,5-6,9-11H2,1H3,(H,19,23)(H,25,26)/t12-,15?/m0/s1. The smallest absolute Gasteiger partial charge is 0.328 e. The summed E-state index contributed by atoms with van der Waals surface area (Å²) in [5, 5.41) is 17.6. The van der Waals surface area contributed by atoms with E-state index in [9.17, 15) is 19.5 Å². The number of benzene rings is 1. The van der Waals surface area contributed by atoms with E-state index in [1.54, 1.807) is 36.1 Å². The van der Waals surface area contributed by atoms with Gasteiger partial charge in [-0.1, -0.05) is 18.2 Å². The number of aliphatic carboxylic acids is 1. The fourth-order valence-electron chi connectivity index (χ4n) is 3.21. The number of para-hydroxylation sites is 1. The van der Waals surface area contributed by atoms with Gasteiger partial charge in [-0.3, -0.25) is 14.6 Å². The van der Waals surface area contributed by atoms with Crippen LogP contribution in [0.25, 0.3) is 0 Å². The topological polar surface area (TPSA) is 102 Å². The molecular weight excluding hydrogens is 336 g/mol. The average Bonchev–Trinajstić information content (AvgIpc) is 3.31. The fraction of sp³-hybridized carbons (Fsp3) is 0.444.